The molecule has 0 aromatic carbocycles. The highest BCUT2D eigenvalue weighted by Gasteiger charge is 2.52. The second-order valence-corrected chi connectivity index (χ2v) is 7.26. The normalized spacial score (nSPS) is 31.6. The van der Waals surface area contributed by atoms with E-state index in [0.717, 1.165) is 37.9 Å². The molecular formula is C16H20N2O3S. The lowest BCUT2D eigenvalue weighted by Gasteiger charge is -2.24. The summed E-state index contributed by atoms with van der Waals surface area (Å²) in [6.07, 6.45) is 3.12. The minimum absolute atomic E-state index is 0.0798. The summed E-state index contributed by atoms with van der Waals surface area (Å²) in [5.74, 6) is 0.268. The molecule has 3 aliphatic heterocycles. The number of carbonyl (C=O) groups is 2. The number of thiophene rings is 1. The first-order valence-corrected chi connectivity index (χ1v) is 8.88. The number of ether oxygens (including phenoxy) is 1. The molecule has 118 valence electrons. The Labute approximate surface area is 133 Å². The molecule has 6 heteroatoms. The van der Waals surface area contributed by atoms with Crippen LogP contribution in [0.15, 0.2) is 16.8 Å². The maximum Gasteiger partial charge on any atom is 0.251 e. The predicted molar refractivity (Wildman–Crippen MR) is 83.9 cm³/mol. The van der Waals surface area contributed by atoms with E-state index in [2.05, 4.69) is 0 Å². The summed E-state index contributed by atoms with van der Waals surface area (Å²) in [7, 11) is 0. The Kier molecular flexibility index (Phi) is 3.46. The molecule has 5 nitrogen and oxygen atoms in total. The van der Waals surface area contributed by atoms with Crippen molar-refractivity contribution in [2.24, 2.45) is 5.41 Å². The van der Waals surface area contributed by atoms with Gasteiger partial charge in [0.05, 0.1) is 11.1 Å². The third kappa shape index (κ3) is 2.16. The Morgan fingerprint density at radius 3 is 2.95 bits per heavy atom. The van der Waals surface area contributed by atoms with E-state index in [4.69, 9.17) is 4.74 Å². The quantitative estimate of drug-likeness (QED) is 0.836. The van der Waals surface area contributed by atoms with Gasteiger partial charge in [-0.05, 0) is 37.1 Å². The molecule has 0 radical (unpaired) electrons. The maximum absolute atomic E-state index is 12.9. The van der Waals surface area contributed by atoms with Crippen LogP contribution in [0.1, 0.15) is 25.7 Å². The number of carbonyl (C=O) groups excluding carboxylic acids is 2. The predicted octanol–water partition coefficient (Wildman–Crippen LogP) is 1.88. The molecule has 0 unspecified atom stereocenters. The van der Waals surface area contributed by atoms with Crippen molar-refractivity contribution in [1.29, 1.82) is 0 Å². The number of anilines is 1. The van der Waals surface area contributed by atoms with E-state index in [1.807, 2.05) is 26.6 Å². The van der Waals surface area contributed by atoms with Gasteiger partial charge in [0, 0.05) is 31.6 Å². The third-order valence-electron chi connectivity index (χ3n) is 5.20. The number of nitrogens with zero attached hydrogens (tertiary/aromatic N) is 2. The summed E-state index contributed by atoms with van der Waals surface area (Å²) in [5, 5.41) is 4.01. The summed E-state index contributed by atoms with van der Waals surface area (Å²) in [5.41, 5.74) is 0.631. The van der Waals surface area contributed by atoms with Crippen molar-refractivity contribution in [2.45, 2.75) is 31.8 Å². The number of amides is 2. The lowest BCUT2D eigenvalue weighted by atomic mass is 9.85. The van der Waals surface area contributed by atoms with Gasteiger partial charge in [-0.25, -0.2) is 0 Å². The largest absolute Gasteiger partial charge is 0.368 e. The summed E-state index contributed by atoms with van der Waals surface area (Å²) >= 11 is 1.61. The molecule has 1 aromatic heterocycles. The SMILES string of the molecule is O=C([C@H]1CCCO1)N1CC[C@@]2(CCN(c3ccsc3)C2=O)C1. The molecule has 4 heterocycles. The molecule has 3 aliphatic rings. The Bertz CT molecular complexity index is 582. The highest BCUT2D eigenvalue weighted by molar-refractivity contribution is 7.08. The van der Waals surface area contributed by atoms with Crippen molar-refractivity contribution in [3.05, 3.63) is 16.8 Å². The summed E-state index contributed by atoms with van der Waals surface area (Å²) in [6, 6.07) is 1.99. The number of hydrogen-bond acceptors (Lipinski definition) is 4. The summed E-state index contributed by atoms with van der Waals surface area (Å²) in [4.78, 5) is 29.1. The average molecular weight is 320 g/mol. The van der Waals surface area contributed by atoms with Crippen molar-refractivity contribution < 1.29 is 14.3 Å². The van der Waals surface area contributed by atoms with Crippen molar-refractivity contribution in [2.75, 3.05) is 31.1 Å². The number of rotatable bonds is 2. The molecule has 1 spiro atoms. The lowest BCUT2D eigenvalue weighted by molar-refractivity contribution is -0.140. The molecular weight excluding hydrogens is 300 g/mol. The summed E-state index contributed by atoms with van der Waals surface area (Å²) in [6.45, 7) is 2.69. The monoisotopic (exact) mass is 320 g/mol. The molecule has 3 saturated heterocycles. The molecule has 4 rings (SSSR count). The van der Waals surface area contributed by atoms with Gasteiger partial charge in [0.2, 0.25) is 5.91 Å². The van der Waals surface area contributed by atoms with Gasteiger partial charge < -0.3 is 14.5 Å². The van der Waals surface area contributed by atoms with Gasteiger partial charge in [-0.3, -0.25) is 9.59 Å². The average Bonchev–Trinajstić information content (AvgIpc) is 3.28. The number of hydrogen-bond donors (Lipinski definition) is 0. The fraction of sp³-hybridized carbons (Fsp3) is 0.625. The highest BCUT2D eigenvalue weighted by Crippen LogP contribution is 2.43. The van der Waals surface area contributed by atoms with Crippen LogP contribution in [0.5, 0.6) is 0 Å². The van der Waals surface area contributed by atoms with Crippen molar-refractivity contribution in [1.82, 2.24) is 4.90 Å². The standard InChI is InChI=1S/C16H20N2O3S/c19-14(13-2-1-8-21-13)17-6-4-16(11-17)5-7-18(15(16)20)12-3-9-22-10-12/h3,9-10,13H,1-2,4-8,11H2/t13-,16-/m1/s1. The van der Waals surface area contributed by atoms with Crippen LogP contribution in [0.4, 0.5) is 5.69 Å². The van der Waals surface area contributed by atoms with Gasteiger partial charge in [0.15, 0.2) is 0 Å². The molecule has 0 N–H and O–H groups in total. The van der Waals surface area contributed by atoms with Crippen LogP contribution in [-0.4, -0.2) is 49.1 Å². The first kappa shape index (κ1) is 14.2. The highest BCUT2D eigenvalue weighted by atomic mass is 32.1. The smallest absolute Gasteiger partial charge is 0.251 e. The van der Waals surface area contributed by atoms with E-state index in [9.17, 15) is 9.59 Å². The van der Waals surface area contributed by atoms with Gasteiger partial charge in [-0.1, -0.05) is 0 Å². The van der Waals surface area contributed by atoms with Crippen molar-refractivity contribution in [3.63, 3.8) is 0 Å². The second-order valence-electron chi connectivity index (χ2n) is 6.48. The number of likely N-dealkylation sites (tertiary alicyclic amines) is 1. The van der Waals surface area contributed by atoms with Crippen LogP contribution in [0.2, 0.25) is 0 Å². The molecule has 2 amide bonds. The van der Waals surface area contributed by atoms with Crippen LogP contribution in [0.25, 0.3) is 0 Å². The minimum atomic E-state index is -0.365. The minimum Gasteiger partial charge on any atom is -0.368 e. The van der Waals surface area contributed by atoms with Gasteiger partial charge in [0.25, 0.3) is 5.91 Å². The zero-order chi connectivity index (χ0) is 15.2. The van der Waals surface area contributed by atoms with Crippen LogP contribution in [0.3, 0.4) is 0 Å². The fourth-order valence-electron chi connectivity index (χ4n) is 3.89. The first-order chi connectivity index (χ1) is 10.7. The summed E-state index contributed by atoms with van der Waals surface area (Å²) < 4.78 is 5.50. The van der Waals surface area contributed by atoms with E-state index in [-0.39, 0.29) is 23.3 Å². The van der Waals surface area contributed by atoms with Gasteiger partial charge in [0.1, 0.15) is 6.10 Å². The van der Waals surface area contributed by atoms with Crippen LogP contribution >= 0.6 is 11.3 Å². The zero-order valence-electron chi connectivity index (χ0n) is 12.5. The fourth-order valence-corrected chi connectivity index (χ4v) is 4.53. The zero-order valence-corrected chi connectivity index (χ0v) is 13.3. The Morgan fingerprint density at radius 1 is 1.36 bits per heavy atom. The molecule has 1 aromatic rings. The maximum atomic E-state index is 12.9. The van der Waals surface area contributed by atoms with Crippen LogP contribution in [-0.2, 0) is 14.3 Å². The van der Waals surface area contributed by atoms with E-state index >= 15 is 0 Å². The Morgan fingerprint density at radius 2 is 2.23 bits per heavy atom. The van der Waals surface area contributed by atoms with Crippen LogP contribution < -0.4 is 4.90 Å². The van der Waals surface area contributed by atoms with E-state index in [0.29, 0.717) is 19.7 Å². The molecule has 0 aliphatic carbocycles. The Hall–Kier alpha value is -1.40. The first-order valence-electron chi connectivity index (χ1n) is 7.94. The van der Waals surface area contributed by atoms with E-state index < -0.39 is 0 Å². The van der Waals surface area contributed by atoms with Crippen molar-refractivity contribution in [3.8, 4) is 0 Å². The van der Waals surface area contributed by atoms with Crippen LogP contribution in [0, 0.1) is 5.41 Å². The third-order valence-corrected chi connectivity index (χ3v) is 5.87. The second kappa shape index (κ2) is 5.35. The molecule has 22 heavy (non-hydrogen) atoms. The van der Waals surface area contributed by atoms with Gasteiger partial charge >= 0.3 is 0 Å². The molecule has 0 bridgehead atoms. The topological polar surface area (TPSA) is 49.9 Å². The van der Waals surface area contributed by atoms with E-state index in [1.54, 1.807) is 11.3 Å². The Balaban J connectivity index is 1.47. The van der Waals surface area contributed by atoms with Crippen molar-refractivity contribution >= 4 is 28.8 Å². The van der Waals surface area contributed by atoms with E-state index in [1.165, 1.54) is 0 Å². The lowest BCUT2D eigenvalue weighted by Crippen LogP contribution is -2.41. The molecule has 2 atom stereocenters. The van der Waals surface area contributed by atoms with Gasteiger partial charge in [-0.15, -0.1) is 0 Å². The molecule has 3 fully saturated rings. The molecule has 0 saturated carbocycles. The van der Waals surface area contributed by atoms with Gasteiger partial charge in [-0.2, -0.15) is 11.3 Å².